The van der Waals surface area contributed by atoms with Crippen molar-refractivity contribution in [1.29, 1.82) is 0 Å². The highest BCUT2D eigenvalue weighted by molar-refractivity contribution is 7.10. The SMILES string of the molecule is CCN(C)C(=O)C(C)NC(=O)c1csc(C#CCCO)c1. The van der Waals surface area contributed by atoms with Gasteiger partial charge in [-0.3, -0.25) is 9.59 Å². The first-order chi connectivity index (χ1) is 9.99. The number of amides is 2. The number of rotatable bonds is 5. The first-order valence-corrected chi connectivity index (χ1v) is 7.61. The zero-order valence-electron chi connectivity index (χ0n) is 12.5. The van der Waals surface area contributed by atoms with Crippen LogP contribution in [-0.2, 0) is 4.79 Å². The summed E-state index contributed by atoms with van der Waals surface area (Å²) in [5.41, 5.74) is 0.493. The third-order valence-corrected chi connectivity index (χ3v) is 3.72. The fourth-order valence-electron chi connectivity index (χ4n) is 1.55. The smallest absolute Gasteiger partial charge is 0.252 e. The fraction of sp³-hybridized carbons (Fsp3) is 0.467. The Balaban J connectivity index is 2.64. The maximum absolute atomic E-state index is 12.1. The van der Waals surface area contributed by atoms with Crippen molar-refractivity contribution in [1.82, 2.24) is 10.2 Å². The monoisotopic (exact) mass is 308 g/mol. The van der Waals surface area contributed by atoms with E-state index in [1.54, 1.807) is 30.3 Å². The lowest BCUT2D eigenvalue weighted by Gasteiger charge is -2.20. The second-order valence-electron chi connectivity index (χ2n) is 4.52. The van der Waals surface area contributed by atoms with Crippen molar-refractivity contribution >= 4 is 23.2 Å². The van der Waals surface area contributed by atoms with Gasteiger partial charge in [-0.15, -0.1) is 11.3 Å². The second kappa shape index (κ2) is 8.45. The molecule has 6 heteroatoms. The largest absolute Gasteiger partial charge is 0.395 e. The number of likely N-dealkylation sites (N-methyl/N-ethyl adjacent to an activating group) is 1. The van der Waals surface area contributed by atoms with Crippen LogP contribution in [0.4, 0.5) is 0 Å². The summed E-state index contributed by atoms with van der Waals surface area (Å²) in [5, 5.41) is 13.0. The highest BCUT2D eigenvalue weighted by Gasteiger charge is 2.19. The number of aliphatic hydroxyl groups is 1. The Morgan fingerprint density at radius 2 is 2.24 bits per heavy atom. The van der Waals surface area contributed by atoms with Gasteiger partial charge in [0, 0.05) is 25.4 Å². The van der Waals surface area contributed by atoms with Gasteiger partial charge >= 0.3 is 0 Å². The minimum Gasteiger partial charge on any atom is -0.395 e. The van der Waals surface area contributed by atoms with Crippen molar-refractivity contribution in [2.45, 2.75) is 26.3 Å². The summed E-state index contributed by atoms with van der Waals surface area (Å²) < 4.78 is 0. The van der Waals surface area contributed by atoms with Crippen LogP contribution in [0.15, 0.2) is 11.4 Å². The standard InChI is InChI=1S/C15H20N2O3S/c1-4-17(3)15(20)11(2)16-14(19)12-9-13(21-10-12)7-5-6-8-18/h9-11,18H,4,6,8H2,1-3H3,(H,16,19). The van der Waals surface area contributed by atoms with Gasteiger partial charge < -0.3 is 15.3 Å². The van der Waals surface area contributed by atoms with Gasteiger partial charge in [0.2, 0.25) is 5.91 Å². The van der Waals surface area contributed by atoms with E-state index in [4.69, 9.17) is 5.11 Å². The van der Waals surface area contributed by atoms with Gasteiger partial charge in [0.25, 0.3) is 5.91 Å². The van der Waals surface area contributed by atoms with E-state index < -0.39 is 6.04 Å². The average molecular weight is 308 g/mol. The van der Waals surface area contributed by atoms with Crippen LogP contribution in [-0.4, -0.2) is 48.1 Å². The number of hydrogen-bond donors (Lipinski definition) is 2. The van der Waals surface area contributed by atoms with Crippen LogP contribution in [0, 0.1) is 11.8 Å². The van der Waals surface area contributed by atoms with E-state index in [2.05, 4.69) is 17.2 Å². The first kappa shape index (κ1) is 17.2. The Morgan fingerprint density at radius 1 is 1.52 bits per heavy atom. The van der Waals surface area contributed by atoms with Crippen LogP contribution in [0.3, 0.4) is 0 Å². The van der Waals surface area contributed by atoms with Crippen molar-refractivity contribution in [3.05, 3.63) is 21.9 Å². The lowest BCUT2D eigenvalue weighted by molar-refractivity contribution is -0.131. The Kier molecular flexibility index (Phi) is 6.92. The molecule has 1 unspecified atom stereocenters. The van der Waals surface area contributed by atoms with Crippen LogP contribution in [0.5, 0.6) is 0 Å². The third-order valence-electron chi connectivity index (χ3n) is 2.88. The molecule has 0 bridgehead atoms. The number of nitrogens with one attached hydrogen (secondary N) is 1. The molecule has 2 amide bonds. The summed E-state index contributed by atoms with van der Waals surface area (Å²) in [7, 11) is 1.70. The van der Waals surface area contributed by atoms with Gasteiger partial charge in [-0.25, -0.2) is 0 Å². The lowest BCUT2D eigenvalue weighted by atomic mass is 10.2. The van der Waals surface area contributed by atoms with Crippen molar-refractivity contribution in [2.24, 2.45) is 0 Å². The average Bonchev–Trinajstić information content (AvgIpc) is 2.94. The fourth-order valence-corrected chi connectivity index (χ4v) is 2.31. The molecule has 0 spiro atoms. The Labute approximate surface area is 129 Å². The predicted octanol–water partition coefficient (Wildman–Crippen LogP) is 1.08. The molecule has 0 aliphatic carbocycles. The molecule has 1 atom stereocenters. The van der Waals surface area contributed by atoms with Crippen molar-refractivity contribution in [3.63, 3.8) is 0 Å². The van der Waals surface area contributed by atoms with Crippen molar-refractivity contribution < 1.29 is 14.7 Å². The van der Waals surface area contributed by atoms with Crippen molar-refractivity contribution in [2.75, 3.05) is 20.2 Å². The Morgan fingerprint density at radius 3 is 2.86 bits per heavy atom. The van der Waals surface area contributed by atoms with E-state index in [0.29, 0.717) is 18.5 Å². The van der Waals surface area contributed by atoms with Gasteiger partial charge in [-0.2, -0.15) is 0 Å². The van der Waals surface area contributed by atoms with E-state index in [-0.39, 0.29) is 18.4 Å². The van der Waals surface area contributed by atoms with Gasteiger partial charge in [0.05, 0.1) is 17.0 Å². The molecule has 0 aliphatic rings. The highest BCUT2D eigenvalue weighted by atomic mass is 32.1. The summed E-state index contributed by atoms with van der Waals surface area (Å²) in [6, 6.07) is 1.12. The van der Waals surface area contributed by atoms with E-state index in [1.165, 1.54) is 11.3 Å². The van der Waals surface area contributed by atoms with Crippen molar-refractivity contribution in [3.8, 4) is 11.8 Å². The minimum absolute atomic E-state index is 0.0241. The summed E-state index contributed by atoms with van der Waals surface area (Å²) >= 11 is 1.36. The normalized spacial score (nSPS) is 11.2. The number of nitrogens with zero attached hydrogens (tertiary/aromatic N) is 1. The Hall–Kier alpha value is -1.84. The molecule has 2 N–H and O–H groups in total. The third kappa shape index (κ3) is 5.21. The number of carbonyl (C=O) groups excluding carboxylic acids is 2. The molecule has 1 heterocycles. The molecule has 0 aliphatic heterocycles. The van der Waals surface area contributed by atoms with Gasteiger partial charge in [-0.05, 0) is 19.9 Å². The maximum atomic E-state index is 12.1. The number of thiophene rings is 1. The molecule has 5 nitrogen and oxygen atoms in total. The van der Waals surface area contributed by atoms with E-state index in [9.17, 15) is 9.59 Å². The summed E-state index contributed by atoms with van der Waals surface area (Å²) in [6.07, 6.45) is 0.411. The zero-order valence-corrected chi connectivity index (χ0v) is 13.3. The molecule has 0 saturated carbocycles. The number of hydrogen-bond acceptors (Lipinski definition) is 4. The second-order valence-corrected chi connectivity index (χ2v) is 5.43. The van der Waals surface area contributed by atoms with E-state index in [0.717, 1.165) is 4.88 Å². The first-order valence-electron chi connectivity index (χ1n) is 6.73. The van der Waals surface area contributed by atoms with Gasteiger partial charge in [0.1, 0.15) is 6.04 Å². The maximum Gasteiger partial charge on any atom is 0.252 e. The van der Waals surface area contributed by atoms with Crippen LogP contribution in [0.2, 0.25) is 0 Å². The Bertz CT molecular complexity index is 557. The quantitative estimate of drug-likeness (QED) is 0.800. The molecule has 114 valence electrons. The summed E-state index contributed by atoms with van der Waals surface area (Å²) in [5.74, 6) is 5.27. The summed E-state index contributed by atoms with van der Waals surface area (Å²) in [6.45, 7) is 4.17. The molecule has 0 saturated heterocycles. The molecule has 1 rings (SSSR count). The topological polar surface area (TPSA) is 69.6 Å². The highest BCUT2D eigenvalue weighted by Crippen LogP contribution is 2.13. The molecule has 0 radical (unpaired) electrons. The molecular weight excluding hydrogens is 288 g/mol. The van der Waals surface area contributed by atoms with Crippen LogP contribution >= 0.6 is 11.3 Å². The minimum atomic E-state index is -0.564. The van der Waals surface area contributed by atoms with Gasteiger partial charge in [0.15, 0.2) is 0 Å². The molecule has 1 aromatic heterocycles. The number of aliphatic hydroxyl groups excluding tert-OH is 1. The summed E-state index contributed by atoms with van der Waals surface area (Å²) in [4.78, 5) is 26.3. The molecule has 0 aromatic carbocycles. The zero-order chi connectivity index (χ0) is 15.8. The molecule has 1 aromatic rings. The predicted molar refractivity (Wildman–Crippen MR) is 83.1 cm³/mol. The molecule has 21 heavy (non-hydrogen) atoms. The van der Waals surface area contributed by atoms with Crippen LogP contribution in [0.25, 0.3) is 0 Å². The number of carbonyl (C=O) groups is 2. The molecule has 0 fully saturated rings. The van der Waals surface area contributed by atoms with E-state index >= 15 is 0 Å². The van der Waals surface area contributed by atoms with E-state index in [1.807, 2.05) is 6.92 Å². The van der Waals surface area contributed by atoms with Crippen LogP contribution < -0.4 is 5.32 Å². The molecular formula is C15H20N2O3S. The van der Waals surface area contributed by atoms with Crippen LogP contribution in [0.1, 0.15) is 35.5 Å². The van der Waals surface area contributed by atoms with Gasteiger partial charge in [-0.1, -0.05) is 11.8 Å². The lowest BCUT2D eigenvalue weighted by Crippen LogP contribution is -2.45.